The first-order chi connectivity index (χ1) is 13.7. The Morgan fingerprint density at radius 3 is 2.55 bits per heavy atom. The van der Waals surface area contributed by atoms with Crippen LogP contribution in [-0.4, -0.2) is 57.2 Å². The molecule has 1 aromatic carbocycles. The number of anilines is 1. The van der Waals surface area contributed by atoms with Crippen LogP contribution < -0.4 is 15.5 Å². The molecule has 0 amide bonds. The second-order valence-corrected chi connectivity index (χ2v) is 8.39. The Morgan fingerprint density at radius 2 is 1.90 bits per heavy atom. The molecule has 2 saturated heterocycles. The standard InChI is InChI=1S/C23H39N5.HI/c1-4-12-27-15-10-20(11-16-27)18-25-23(24-3)26-19(2)21-8-7-9-22(17-21)28-13-5-6-14-28;/h7-9,17,19-20H,4-6,10-16,18H2,1-3H3,(H2,24,25,26);1H. The number of hydrogen-bond donors (Lipinski definition) is 2. The lowest BCUT2D eigenvalue weighted by Crippen LogP contribution is -2.43. The van der Waals surface area contributed by atoms with Crippen LogP contribution in [0.4, 0.5) is 5.69 Å². The molecule has 3 rings (SSSR count). The summed E-state index contributed by atoms with van der Waals surface area (Å²) in [5.41, 5.74) is 2.67. The zero-order valence-electron chi connectivity index (χ0n) is 18.5. The molecule has 0 radical (unpaired) electrons. The van der Waals surface area contributed by atoms with Gasteiger partial charge in [-0.2, -0.15) is 0 Å². The third-order valence-corrected chi connectivity index (χ3v) is 6.22. The molecule has 1 aromatic rings. The molecule has 2 aliphatic heterocycles. The molecule has 29 heavy (non-hydrogen) atoms. The SMILES string of the molecule is CCCN1CCC(CNC(=NC)NC(C)c2cccc(N3CCCC3)c2)CC1.I. The summed E-state index contributed by atoms with van der Waals surface area (Å²) in [5, 5.41) is 7.15. The summed E-state index contributed by atoms with van der Waals surface area (Å²) in [6.45, 7) is 11.6. The van der Waals surface area contributed by atoms with Crippen molar-refractivity contribution in [2.45, 2.75) is 52.0 Å². The fraction of sp³-hybridized carbons (Fsp3) is 0.696. The van der Waals surface area contributed by atoms with E-state index in [4.69, 9.17) is 0 Å². The van der Waals surface area contributed by atoms with Crippen LogP contribution in [0.3, 0.4) is 0 Å². The Hall–Kier alpha value is -1.02. The first kappa shape index (κ1) is 24.3. The second kappa shape index (κ2) is 12.6. The smallest absolute Gasteiger partial charge is 0.191 e. The van der Waals surface area contributed by atoms with E-state index < -0.39 is 0 Å². The summed E-state index contributed by atoms with van der Waals surface area (Å²) in [6.07, 6.45) is 6.46. The number of halogens is 1. The number of nitrogens with zero attached hydrogens (tertiary/aromatic N) is 3. The zero-order chi connectivity index (χ0) is 19.8. The first-order valence-corrected chi connectivity index (χ1v) is 11.2. The highest BCUT2D eigenvalue weighted by molar-refractivity contribution is 14.0. The van der Waals surface area contributed by atoms with E-state index in [0.717, 1.165) is 18.4 Å². The maximum atomic E-state index is 4.46. The van der Waals surface area contributed by atoms with Crippen LogP contribution in [0.5, 0.6) is 0 Å². The largest absolute Gasteiger partial charge is 0.372 e. The third-order valence-electron chi connectivity index (χ3n) is 6.22. The predicted octanol–water partition coefficient (Wildman–Crippen LogP) is 4.25. The van der Waals surface area contributed by atoms with Crippen LogP contribution in [0.25, 0.3) is 0 Å². The highest BCUT2D eigenvalue weighted by Gasteiger charge is 2.19. The van der Waals surface area contributed by atoms with E-state index in [9.17, 15) is 0 Å². The minimum atomic E-state index is 0. The van der Waals surface area contributed by atoms with Gasteiger partial charge in [0.15, 0.2) is 5.96 Å². The second-order valence-electron chi connectivity index (χ2n) is 8.39. The molecule has 2 fully saturated rings. The van der Waals surface area contributed by atoms with Crippen molar-refractivity contribution in [2.24, 2.45) is 10.9 Å². The summed E-state index contributed by atoms with van der Waals surface area (Å²) in [4.78, 5) is 9.55. The number of piperidine rings is 1. The molecule has 0 bridgehead atoms. The Balaban J connectivity index is 0.00000300. The fourth-order valence-corrected chi connectivity index (χ4v) is 4.42. The normalized spacial score (nSPS) is 19.7. The molecule has 5 nitrogen and oxygen atoms in total. The van der Waals surface area contributed by atoms with Gasteiger partial charge >= 0.3 is 0 Å². The van der Waals surface area contributed by atoms with Crippen molar-refractivity contribution in [1.82, 2.24) is 15.5 Å². The van der Waals surface area contributed by atoms with Crippen molar-refractivity contribution in [3.05, 3.63) is 29.8 Å². The van der Waals surface area contributed by atoms with Crippen molar-refractivity contribution in [3.8, 4) is 0 Å². The first-order valence-electron chi connectivity index (χ1n) is 11.2. The van der Waals surface area contributed by atoms with E-state index in [1.54, 1.807) is 0 Å². The average molecular weight is 514 g/mol. The van der Waals surface area contributed by atoms with E-state index in [-0.39, 0.29) is 30.0 Å². The Labute approximate surface area is 194 Å². The van der Waals surface area contributed by atoms with E-state index in [1.165, 1.54) is 76.1 Å². The van der Waals surface area contributed by atoms with Gasteiger partial charge in [-0.25, -0.2) is 0 Å². The summed E-state index contributed by atoms with van der Waals surface area (Å²) in [7, 11) is 1.87. The van der Waals surface area contributed by atoms with E-state index >= 15 is 0 Å². The quantitative estimate of drug-likeness (QED) is 0.325. The average Bonchev–Trinajstić information content (AvgIpc) is 3.27. The van der Waals surface area contributed by atoms with Gasteiger partial charge in [0.05, 0.1) is 6.04 Å². The van der Waals surface area contributed by atoms with Crippen LogP contribution in [0.2, 0.25) is 0 Å². The summed E-state index contributed by atoms with van der Waals surface area (Å²) in [6, 6.07) is 9.20. The monoisotopic (exact) mass is 513 g/mol. The summed E-state index contributed by atoms with van der Waals surface area (Å²) >= 11 is 0. The van der Waals surface area contributed by atoms with Crippen molar-refractivity contribution in [2.75, 3.05) is 51.2 Å². The maximum absolute atomic E-state index is 4.46. The van der Waals surface area contributed by atoms with Crippen LogP contribution in [0.1, 0.15) is 57.6 Å². The Morgan fingerprint density at radius 1 is 1.17 bits per heavy atom. The number of rotatable bonds is 7. The minimum Gasteiger partial charge on any atom is -0.372 e. The van der Waals surface area contributed by atoms with Gasteiger partial charge in [-0.1, -0.05) is 19.1 Å². The number of hydrogen-bond acceptors (Lipinski definition) is 3. The molecular weight excluding hydrogens is 473 g/mol. The number of guanidine groups is 1. The summed E-state index contributed by atoms with van der Waals surface area (Å²) in [5.74, 6) is 1.66. The fourth-order valence-electron chi connectivity index (χ4n) is 4.42. The van der Waals surface area contributed by atoms with E-state index in [2.05, 4.69) is 63.5 Å². The Bertz CT molecular complexity index is 621. The van der Waals surface area contributed by atoms with Crippen molar-refractivity contribution < 1.29 is 0 Å². The molecule has 0 saturated carbocycles. The molecule has 0 spiro atoms. The molecule has 0 aromatic heterocycles. The van der Waals surface area contributed by atoms with Crippen molar-refractivity contribution in [3.63, 3.8) is 0 Å². The van der Waals surface area contributed by atoms with E-state index in [0.29, 0.717) is 0 Å². The Kier molecular flexibility index (Phi) is 10.6. The molecule has 2 aliphatic rings. The number of likely N-dealkylation sites (tertiary alicyclic amines) is 1. The van der Waals surface area contributed by atoms with Gasteiger partial charge in [0.25, 0.3) is 0 Å². The van der Waals surface area contributed by atoms with Gasteiger partial charge in [-0.3, -0.25) is 4.99 Å². The molecule has 0 aliphatic carbocycles. The van der Waals surface area contributed by atoms with Crippen molar-refractivity contribution in [1.29, 1.82) is 0 Å². The molecule has 1 unspecified atom stereocenters. The van der Waals surface area contributed by atoms with Crippen LogP contribution in [0.15, 0.2) is 29.3 Å². The zero-order valence-corrected chi connectivity index (χ0v) is 20.8. The minimum absolute atomic E-state index is 0. The lowest BCUT2D eigenvalue weighted by atomic mass is 9.97. The number of aliphatic imine (C=N–C) groups is 1. The van der Waals surface area contributed by atoms with Gasteiger partial charge < -0.3 is 20.4 Å². The molecule has 164 valence electrons. The summed E-state index contributed by atoms with van der Waals surface area (Å²) < 4.78 is 0. The highest BCUT2D eigenvalue weighted by Crippen LogP contribution is 2.24. The predicted molar refractivity (Wildman–Crippen MR) is 136 cm³/mol. The van der Waals surface area contributed by atoms with Crippen LogP contribution >= 0.6 is 24.0 Å². The molecule has 6 heteroatoms. The van der Waals surface area contributed by atoms with Crippen molar-refractivity contribution >= 4 is 35.6 Å². The molecule has 2 heterocycles. The maximum Gasteiger partial charge on any atom is 0.191 e. The van der Waals surface area contributed by atoms with Gasteiger partial charge in [0, 0.05) is 32.4 Å². The van der Waals surface area contributed by atoms with Gasteiger partial charge in [-0.05, 0) is 82.3 Å². The molecular formula is C23H40IN5. The van der Waals surface area contributed by atoms with Gasteiger partial charge in [-0.15, -0.1) is 24.0 Å². The topological polar surface area (TPSA) is 42.9 Å². The third kappa shape index (κ3) is 7.31. The lowest BCUT2D eigenvalue weighted by Gasteiger charge is -2.32. The highest BCUT2D eigenvalue weighted by atomic mass is 127. The van der Waals surface area contributed by atoms with Crippen LogP contribution in [-0.2, 0) is 0 Å². The number of benzene rings is 1. The van der Waals surface area contributed by atoms with Crippen LogP contribution in [0, 0.1) is 5.92 Å². The lowest BCUT2D eigenvalue weighted by molar-refractivity contribution is 0.185. The van der Waals surface area contributed by atoms with E-state index in [1.807, 2.05) is 7.05 Å². The molecule has 2 N–H and O–H groups in total. The molecule has 1 atom stereocenters. The number of nitrogens with one attached hydrogen (secondary N) is 2. The van der Waals surface area contributed by atoms with Gasteiger partial charge in [0.2, 0.25) is 0 Å². The van der Waals surface area contributed by atoms with Gasteiger partial charge in [0.1, 0.15) is 0 Å².